The van der Waals surface area contributed by atoms with Gasteiger partial charge in [0.15, 0.2) is 0 Å². The molecule has 2 aromatic carbocycles. The molecule has 2 aromatic rings. The van der Waals surface area contributed by atoms with Gasteiger partial charge in [0.1, 0.15) is 5.75 Å². The quantitative estimate of drug-likeness (QED) is 0.779. The molecule has 0 spiro atoms. The lowest BCUT2D eigenvalue weighted by Gasteiger charge is -2.44. The van der Waals surface area contributed by atoms with Gasteiger partial charge in [0.25, 0.3) is 0 Å². The van der Waals surface area contributed by atoms with Crippen molar-refractivity contribution in [1.29, 1.82) is 0 Å². The number of anilines is 1. The molecule has 0 radical (unpaired) electrons. The maximum atomic E-state index is 5.35. The molecular formula is C24H32N2O. The minimum Gasteiger partial charge on any atom is -0.497 e. The summed E-state index contributed by atoms with van der Waals surface area (Å²) in [6.07, 6.45) is 7.90. The molecule has 2 atom stereocenters. The Bertz CT molecular complexity index is 709. The Morgan fingerprint density at radius 3 is 2.44 bits per heavy atom. The van der Waals surface area contributed by atoms with Crippen molar-refractivity contribution in [3.63, 3.8) is 0 Å². The molecule has 1 heterocycles. The third kappa shape index (κ3) is 4.47. The molecule has 27 heavy (non-hydrogen) atoms. The number of ether oxygens (including phenoxy) is 1. The second-order valence-corrected chi connectivity index (χ2v) is 8.06. The summed E-state index contributed by atoms with van der Waals surface area (Å²) in [4.78, 5) is 2.78. The lowest BCUT2D eigenvalue weighted by molar-refractivity contribution is 0.109. The van der Waals surface area contributed by atoms with Crippen LogP contribution >= 0.6 is 0 Å². The number of methoxy groups -OCH3 is 1. The molecule has 2 fully saturated rings. The minimum absolute atomic E-state index is 0.562. The van der Waals surface area contributed by atoms with Crippen LogP contribution in [-0.4, -0.2) is 37.2 Å². The van der Waals surface area contributed by atoms with E-state index in [-0.39, 0.29) is 0 Å². The van der Waals surface area contributed by atoms with E-state index in [0.717, 1.165) is 11.8 Å². The van der Waals surface area contributed by atoms with Gasteiger partial charge in [-0.05, 0) is 49.3 Å². The highest BCUT2D eigenvalue weighted by molar-refractivity contribution is 5.48. The van der Waals surface area contributed by atoms with Gasteiger partial charge in [0, 0.05) is 36.9 Å². The van der Waals surface area contributed by atoms with E-state index in [1.165, 1.54) is 57.3 Å². The Balaban J connectivity index is 1.36. The maximum absolute atomic E-state index is 5.35. The van der Waals surface area contributed by atoms with E-state index < -0.39 is 0 Å². The molecule has 1 N–H and O–H groups in total. The molecule has 0 aromatic heterocycles. The first-order chi connectivity index (χ1) is 13.3. The van der Waals surface area contributed by atoms with Gasteiger partial charge in [-0.3, -0.25) is 4.90 Å². The molecule has 2 aliphatic rings. The average molecular weight is 365 g/mol. The summed E-state index contributed by atoms with van der Waals surface area (Å²) in [7, 11) is 1.73. The smallest absolute Gasteiger partial charge is 0.120 e. The minimum atomic E-state index is 0.562. The molecule has 1 aliphatic heterocycles. The summed E-state index contributed by atoms with van der Waals surface area (Å²) in [5.41, 5.74) is 2.71. The zero-order valence-electron chi connectivity index (χ0n) is 16.4. The molecule has 3 heteroatoms. The van der Waals surface area contributed by atoms with E-state index in [4.69, 9.17) is 4.74 Å². The van der Waals surface area contributed by atoms with Crippen molar-refractivity contribution in [3.8, 4) is 5.75 Å². The molecular weight excluding hydrogens is 332 g/mol. The van der Waals surface area contributed by atoms with Crippen LogP contribution in [0.1, 0.15) is 50.0 Å². The Hall–Kier alpha value is -2.00. The van der Waals surface area contributed by atoms with Gasteiger partial charge in [-0.1, -0.05) is 49.2 Å². The fourth-order valence-corrected chi connectivity index (χ4v) is 4.96. The van der Waals surface area contributed by atoms with E-state index in [1.807, 2.05) is 6.07 Å². The number of likely N-dealkylation sites (tertiary alicyclic amines) is 1. The van der Waals surface area contributed by atoms with Gasteiger partial charge in [-0.15, -0.1) is 0 Å². The predicted octanol–water partition coefficient (Wildman–Crippen LogP) is 5.30. The van der Waals surface area contributed by atoms with Gasteiger partial charge in [0.2, 0.25) is 0 Å². The first-order valence-electron chi connectivity index (χ1n) is 10.5. The number of hydrogen-bond acceptors (Lipinski definition) is 3. The van der Waals surface area contributed by atoms with Crippen LogP contribution in [0, 0.1) is 0 Å². The van der Waals surface area contributed by atoms with Gasteiger partial charge in [0.05, 0.1) is 7.11 Å². The van der Waals surface area contributed by atoms with Crippen LogP contribution < -0.4 is 10.1 Å². The van der Waals surface area contributed by atoms with Crippen LogP contribution in [0.15, 0.2) is 54.6 Å². The summed E-state index contributed by atoms with van der Waals surface area (Å²) in [5.74, 6) is 1.63. The third-order valence-electron chi connectivity index (χ3n) is 6.40. The second kappa shape index (κ2) is 8.79. The van der Waals surface area contributed by atoms with Gasteiger partial charge in [-0.25, -0.2) is 0 Å². The summed E-state index contributed by atoms with van der Waals surface area (Å²) in [5, 5.41) is 3.72. The number of hydrogen-bond donors (Lipinski definition) is 1. The molecule has 1 aliphatic carbocycles. The van der Waals surface area contributed by atoms with Crippen molar-refractivity contribution in [2.24, 2.45) is 0 Å². The molecule has 3 nitrogen and oxygen atoms in total. The average Bonchev–Trinajstić information content (AvgIpc) is 2.75. The van der Waals surface area contributed by atoms with Crippen LogP contribution in [0.5, 0.6) is 5.75 Å². The molecule has 0 bridgehead atoms. The van der Waals surface area contributed by atoms with E-state index >= 15 is 0 Å². The number of nitrogens with one attached hydrogen (secondary N) is 1. The van der Waals surface area contributed by atoms with Crippen molar-refractivity contribution >= 4 is 5.69 Å². The predicted molar refractivity (Wildman–Crippen MR) is 113 cm³/mol. The Labute approximate surface area is 163 Å². The number of benzene rings is 2. The Morgan fingerprint density at radius 2 is 1.67 bits per heavy atom. The third-order valence-corrected chi connectivity index (χ3v) is 6.40. The molecule has 0 amide bonds. The van der Waals surface area contributed by atoms with Crippen LogP contribution in [0.25, 0.3) is 0 Å². The van der Waals surface area contributed by atoms with E-state index in [1.54, 1.807) is 12.7 Å². The lowest BCUT2D eigenvalue weighted by atomic mass is 9.78. The van der Waals surface area contributed by atoms with Crippen LogP contribution in [0.4, 0.5) is 5.69 Å². The highest BCUT2D eigenvalue weighted by Crippen LogP contribution is 2.37. The van der Waals surface area contributed by atoms with E-state index in [9.17, 15) is 0 Å². The topological polar surface area (TPSA) is 24.5 Å². The van der Waals surface area contributed by atoms with E-state index in [0.29, 0.717) is 12.0 Å². The highest BCUT2D eigenvalue weighted by atomic mass is 16.5. The lowest BCUT2D eigenvalue weighted by Crippen LogP contribution is -2.47. The first kappa shape index (κ1) is 18.4. The van der Waals surface area contributed by atoms with Gasteiger partial charge >= 0.3 is 0 Å². The monoisotopic (exact) mass is 364 g/mol. The van der Waals surface area contributed by atoms with Gasteiger partial charge < -0.3 is 10.1 Å². The summed E-state index contributed by atoms with van der Waals surface area (Å²) >= 11 is 0. The Kier molecular flexibility index (Phi) is 5.98. The molecule has 1 saturated heterocycles. The van der Waals surface area contributed by atoms with Crippen molar-refractivity contribution in [2.75, 3.05) is 25.5 Å². The largest absolute Gasteiger partial charge is 0.497 e. The molecule has 1 saturated carbocycles. The number of piperidine rings is 1. The van der Waals surface area contributed by atoms with Crippen molar-refractivity contribution in [1.82, 2.24) is 4.90 Å². The van der Waals surface area contributed by atoms with Crippen molar-refractivity contribution in [3.05, 3.63) is 60.2 Å². The summed E-state index contributed by atoms with van der Waals surface area (Å²) in [6, 6.07) is 20.8. The number of nitrogens with zero attached hydrogens (tertiary/aromatic N) is 1. The van der Waals surface area contributed by atoms with Crippen LogP contribution in [0.2, 0.25) is 0 Å². The summed E-state index contributed by atoms with van der Waals surface area (Å²) < 4.78 is 5.35. The first-order valence-corrected chi connectivity index (χ1v) is 10.5. The zero-order chi connectivity index (χ0) is 18.5. The highest BCUT2D eigenvalue weighted by Gasteiger charge is 2.33. The maximum Gasteiger partial charge on any atom is 0.120 e. The van der Waals surface area contributed by atoms with Crippen molar-refractivity contribution < 1.29 is 4.74 Å². The molecule has 144 valence electrons. The van der Waals surface area contributed by atoms with Crippen LogP contribution in [0.3, 0.4) is 0 Å². The number of rotatable bonds is 5. The fraction of sp³-hybridized carbons (Fsp3) is 0.500. The van der Waals surface area contributed by atoms with Crippen molar-refractivity contribution in [2.45, 2.75) is 56.5 Å². The standard InChI is InChI=1S/C24H32N2O/c1-27-22-11-7-10-21(18-22)25-20-14-16-26(17-15-20)24-13-6-5-12-23(24)19-8-3-2-4-9-19/h2-4,7-11,18,20,23-25H,5-6,12-17H2,1H3/t23-,24-/m1/s1. The SMILES string of the molecule is COc1cccc(NC2CCN([C@@H]3CCCC[C@@H]3c3ccccc3)CC2)c1. The van der Waals surface area contributed by atoms with Crippen LogP contribution in [-0.2, 0) is 0 Å². The molecule has 4 rings (SSSR count). The zero-order valence-corrected chi connectivity index (χ0v) is 16.4. The fourth-order valence-electron chi connectivity index (χ4n) is 4.96. The second-order valence-electron chi connectivity index (χ2n) is 8.06. The van der Waals surface area contributed by atoms with E-state index in [2.05, 4.69) is 58.7 Å². The normalized spacial score (nSPS) is 24.5. The van der Waals surface area contributed by atoms with Gasteiger partial charge in [-0.2, -0.15) is 0 Å². The Morgan fingerprint density at radius 1 is 0.889 bits per heavy atom. The summed E-state index contributed by atoms with van der Waals surface area (Å²) in [6.45, 7) is 2.41. The molecule has 0 unspecified atom stereocenters.